The van der Waals surface area contributed by atoms with E-state index < -0.39 is 0 Å². The minimum atomic E-state index is 0.0326. The van der Waals surface area contributed by atoms with Crippen LogP contribution in [0.2, 0.25) is 0 Å². The van der Waals surface area contributed by atoms with E-state index in [9.17, 15) is 4.79 Å². The van der Waals surface area contributed by atoms with Gasteiger partial charge in [-0.05, 0) is 31.5 Å². The van der Waals surface area contributed by atoms with Gasteiger partial charge in [0.05, 0.1) is 5.69 Å². The molecular weight excluding hydrogens is 226 g/mol. The van der Waals surface area contributed by atoms with E-state index in [1.54, 1.807) is 0 Å². The number of aromatic nitrogens is 1. The highest BCUT2D eigenvalue weighted by Crippen LogP contribution is 2.31. The van der Waals surface area contributed by atoms with Gasteiger partial charge >= 0.3 is 0 Å². The minimum Gasteiger partial charge on any atom is -0.394 e. The van der Waals surface area contributed by atoms with Gasteiger partial charge in [0, 0.05) is 31.2 Å². The lowest BCUT2D eigenvalue weighted by Crippen LogP contribution is -2.36. The molecule has 98 valence electrons. The molecule has 1 aliphatic heterocycles. The highest BCUT2D eigenvalue weighted by molar-refractivity contribution is 5.42. The zero-order valence-corrected chi connectivity index (χ0v) is 11.0. The van der Waals surface area contributed by atoms with Crippen molar-refractivity contribution in [3.63, 3.8) is 0 Å². The molecule has 0 spiro atoms. The molecule has 0 amide bonds. The molecular formula is C14H21N3O. The highest BCUT2D eigenvalue weighted by Gasteiger charge is 2.25. The highest BCUT2D eigenvalue weighted by atomic mass is 16.1. The quantitative estimate of drug-likeness (QED) is 0.819. The lowest BCUT2D eigenvalue weighted by atomic mass is 10.0. The first kappa shape index (κ1) is 11.8. The molecule has 0 atom stereocenters. The molecule has 4 heteroatoms. The van der Waals surface area contributed by atoms with E-state index in [-0.39, 0.29) is 5.56 Å². The van der Waals surface area contributed by atoms with Crippen LogP contribution in [-0.2, 0) is 13.0 Å². The number of nitrogens with two attached hydrogens (primary N) is 1. The van der Waals surface area contributed by atoms with Crippen LogP contribution in [0.5, 0.6) is 0 Å². The molecule has 2 N–H and O–H groups in total. The predicted molar refractivity (Wildman–Crippen MR) is 72.7 cm³/mol. The number of anilines is 1. The zero-order chi connectivity index (χ0) is 12.7. The van der Waals surface area contributed by atoms with E-state index in [1.807, 2.05) is 10.6 Å². The standard InChI is InChI=1S/C14H21N3O/c1-16-7-6-13-10(9-16)8-12(15)14(18)17(13)11-4-2-3-5-11/h8,11H,2-7,9,15H2,1H3. The van der Waals surface area contributed by atoms with Gasteiger partial charge in [-0.15, -0.1) is 0 Å². The third kappa shape index (κ3) is 1.85. The number of likely N-dealkylation sites (N-methyl/N-ethyl adjacent to an activating group) is 1. The Balaban J connectivity index is 2.13. The molecule has 1 saturated carbocycles. The van der Waals surface area contributed by atoms with E-state index in [0.717, 1.165) is 32.4 Å². The predicted octanol–water partition coefficient (Wildman–Crippen LogP) is 1.53. The largest absolute Gasteiger partial charge is 0.394 e. The minimum absolute atomic E-state index is 0.0326. The summed E-state index contributed by atoms with van der Waals surface area (Å²) < 4.78 is 2.02. The molecule has 0 unspecified atom stereocenters. The molecule has 2 heterocycles. The topological polar surface area (TPSA) is 51.3 Å². The Labute approximate surface area is 107 Å². The summed E-state index contributed by atoms with van der Waals surface area (Å²) in [4.78, 5) is 14.6. The van der Waals surface area contributed by atoms with Gasteiger partial charge in [0.2, 0.25) is 0 Å². The molecule has 3 rings (SSSR count). The molecule has 1 aromatic rings. The Hall–Kier alpha value is -1.29. The summed E-state index contributed by atoms with van der Waals surface area (Å²) in [5.41, 5.74) is 8.83. The van der Waals surface area contributed by atoms with Gasteiger partial charge < -0.3 is 15.2 Å². The summed E-state index contributed by atoms with van der Waals surface area (Å²) in [5, 5.41) is 0. The Kier molecular flexibility index (Phi) is 2.90. The monoisotopic (exact) mass is 247 g/mol. The van der Waals surface area contributed by atoms with Crippen molar-refractivity contribution in [1.82, 2.24) is 9.47 Å². The van der Waals surface area contributed by atoms with Crippen molar-refractivity contribution in [2.45, 2.75) is 44.7 Å². The molecule has 1 aromatic heterocycles. The number of nitrogen functional groups attached to an aromatic ring is 1. The van der Waals surface area contributed by atoms with Crippen molar-refractivity contribution in [1.29, 1.82) is 0 Å². The first-order valence-electron chi connectivity index (χ1n) is 6.88. The molecule has 18 heavy (non-hydrogen) atoms. The second kappa shape index (κ2) is 4.43. The number of fused-ring (bicyclic) bond motifs is 1. The number of nitrogens with zero attached hydrogens (tertiary/aromatic N) is 2. The number of pyridine rings is 1. The van der Waals surface area contributed by atoms with Gasteiger partial charge in [-0.3, -0.25) is 4.79 Å². The van der Waals surface area contributed by atoms with Crippen LogP contribution in [-0.4, -0.2) is 23.1 Å². The van der Waals surface area contributed by atoms with E-state index in [2.05, 4.69) is 11.9 Å². The van der Waals surface area contributed by atoms with Gasteiger partial charge in [0.1, 0.15) is 0 Å². The van der Waals surface area contributed by atoms with Gasteiger partial charge in [0.15, 0.2) is 0 Å². The first-order valence-corrected chi connectivity index (χ1v) is 6.88. The van der Waals surface area contributed by atoms with E-state index in [0.29, 0.717) is 11.7 Å². The Morgan fingerprint density at radius 2 is 2.06 bits per heavy atom. The van der Waals surface area contributed by atoms with Crippen LogP contribution in [0.4, 0.5) is 5.69 Å². The number of rotatable bonds is 1. The van der Waals surface area contributed by atoms with Gasteiger partial charge in [-0.1, -0.05) is 12.8 Å². The SMILES string of the molecule is CN1CCc2c(cc(N)c(=O)n2C2CCCC2)C1. The van der Waals surface area contributed by atoms with Crippen molar-refractivity contribution >= 4 is 5.69 Å². The molecule has 1 fully saturated rings. The number of hydrogen-bond acceptors (Lipinski definition) is 3. The van der Waals surface area contributed by atoms with Crippen LogP contribution in [0.3, 0.4) is 0 Å². The molecule has 2 aliphatic rings. The van der Waals surface area contributed by atoms with Crippen LogP contribution < -0.4 is 11.3 Å². The average Bonchev–Trinajstić information content (AvgIpc) is 2.84. The van der Waals surface area contributed by atoms with Crippen LogP contribution in [0, 0.1) is 0 Å². The first-order chi connectivity index (χ1) is 8.66. The number of hydrogen-bond donors (Lipinski definition) is 1. The van der Waals surface area contributed by atoms with Gasteiger partial charge in [0.25, 0.3) is 5.56 Å². The summed E-state index contributed by atoms with van der Waals surface area (Å²) in [7, 11) is 2.12. The summed E-state index contributed by atoms with van der Waals surface area (Å²) in [6.45, 7) is 1.94. The van der Waals surface area contributed by atoms with Crippen molar-refractivity contribution in [2.24, 2.45) is 0 Å². The third-order valence-corrected chi connectivity index (χ3v) is 4.32. The van der Waals surface area contributed by atoms with E-state index in [1.165, 1.54) is 24.1 Å². The molecule has 0 radical (unpaired) electrons. The lowest BCUT2D eigenvalue weighted by molar-refractivity contribution is 0.300. The van der Waals surface area contributed by atoms with Crippen molar-refractivity contribution in [2.75, 3.05) is 19.3 Å². The molecule has 1 aliphatic carbocycles. The zero-order valence-electron chi connectivity index (χ0n) is 11.0. The second-order valence-electron chi connectivity index (χ2n) is 5.67. The molecule has 0 bridgehead atoms. The van der Waals surface area contributed by atoms with Gasteiger partial charge in [-0.2, -0.15) is 0 Å². The Morgan fingerprint density at radius 1 is 1.33 bits per heavy atom. The maximum absolute atomic E-state index is 12.3. The van der Waals surface area contributed by atoms with Crippen LogP contribution in [0.25, 0.3) is 0 Å². The van der Waals surface area contributed by atoms with Crippen molar-refractivity contribution in [3.05, 3.63) is 27.7 Å². The lowest BCUT2D eigenvalue weighted by Gasteiger charge is -2.30. The van der Waals surface area contributed by atoms with E-state index in [4.69, 9.17) is 5.73 Å². The fraction of sp³-hybridized carbons (Fsp3) is 0.643. The molecule has 4 nitrogen and oxygen atoms in total. The van der Waals surface area contributed by atoms with Crippen LogP contribution in [0.15, 0.2) is 10.9 Å². The van der Waals surface area contributed by atoms with E-state index >= 15 is 0 Å². The van der Waals surface area contributed by atoms with Crippen LogP contribution >= 0.6 is 0 Å². The average molecular weight is 247 g/mol. The molecule has 0 saturated heterocycles. The Morgan fingerprint density at radius 3 is 2.78 bits per heavy atom. The molecule has 0 aromatic carbocycles. The normalized spacial score (nSPS) is 21.2. The smallest absolute Gasteiger partial charge is 0.274 e. The van der Waals surface area contributed by atoms with Gasteiger partial charge in [-0.25, -0.2) is 0 Å². The van der Waals surface area contributed by atoms with Crippen molar-refractivity contribution in [3.8, 4) is 0 Å². The Bertz CT molecular complexity index is 515. The maximum Gasteiger partial charge on any atom is 0.274 e. The summed E-state index contributed by atoms with van der Waals surface area (Å²) in [6.07, 6.45) is 5.70. The summed E-state index contributed by atoms with van der Waals surface area (Å²) in [6, 6.07) is 2.27. The summed E-state index contributed by atoms with van der Waals surface area (Å²) >= 11 is 0. The third-order valence-electron chi connectivity index (χ3n) is 4.32. The maximum atomic E-state index is 12.3. The van der Waals surface area contributed by atoms with Crippen LogP contribution in [0.1, 0.15) is 43.0 Å². The fourth-order valence-corrected chi connectivity index (χ4v) is 3.38. The fourth-order valence-electron chi connectivity index (χ4n) is 3.38. The summed E-state index contributed by atoms with van der Waals surface area (Å²) in [5.74, 6) is 0. The second-order valence-corrected chi connectivity index (χ2v) is 5.67. The van der Waals surface area contributed by atoms with Crippen molar-refractivity contribution < 1.29 is 0 Å².